The first-order valence-electron chi connectivity index (χ1n) is 15.0. The molecule has 1 aliphatic rings. The second-order valence-corrected chi connectivity index (χ2v) is 12.0. The summed E-state index contributed by atoms with van der Waals surface area (Å²) in [6.45, 7) is 0. The SMILES string of the molecule is O=C(Nc1ccc(C2(c3ccc(NC(=O)Nc4cccc(Cl)c4)cc3)c3ccccc3-c3ccccc32)cc1)Nc1cccc(Cl)c1. The Kier molecular flexibility index (Phi) is 8.12. The molecule has 230 valence electrons. The van der Waals surface area contributed by atoms with E-state index < -0.39 is 5.41 Å². The van der Waals surface area contributed by atoms with Gasteiger partial charge >= 0.3 is 12.1 Å². The number of urea groups is 2. The summed E-state index contributed by atoms with van der Waals surface area (Å²) in [6, 6.07) is 46.0. The molecule has 47 heavy (non-hydrogen) atoms. The van der Waals surface area contributed by atoms with Gasteiger partial charge in [0.05, 0.1) is 5.41 Å². The molecule has 0 unspecified atom stereocenters. The van der Waals surface area contributed by atoms with Gasteiger partial charge in [0.2, 0.25) is 0 Å². The number of hydrogen-bond donors (Lipinski definition) is 4. The maximum absolute atomic E-state index is 12.8. The molecule has 6 aromatic rings. The van der Waals surface area contributed by atoms with E-state index in [4.69, 9.17) is 23.2 Å². The lowest BCUT2D eigenvalue weighted by Crippen LogP contribution is -2.28. The van der Waals surface area contributed by atoms with Crippen LogP contribution in [-0.4, -0.2) is 12.1 Å². The molecular weight excluding hydrogens is 627 g/mol. The van der Waals surface area contributed by atoms with E-state index in [0.717, 1.165) is 33.4 Å². The van der Waals surface area contributed by atoms with E-state index in [0.29, 0.717) is 32.8 Å². The van der Waals surface area contributed by atoms with Crippen molar-refractivity contribution < 1.29 is 9.59 Å². The van der Waals surface area contributed by atoms with E-state index in [1.807, 2.05) is 24.3 Å². The fourth-order valence-corrected chi connectivity index (χ4v) is 6.73. The smallest absolute Gasteiger partial charge is 0.308 e. The molecule has 0 saturated carbocycles. The Morgan fingerprint density at radius 2 is 0.809 bits per heavy atom. The zero-order valence-corrected chi connectivity index (χ0v) is 26.4. The molecule has 6 nitrogen and oxygen atoms in total. The van der Waals surface area contributed by atoms with E-state index >= 15 is 0 Å². The molecule has 0 heterocycles. The summed E-state index contributed by atoms with van der Waals surface area (Å²) in [5, 5.41) is 12.6. The van der Waals surface area contributed by atoms with Gasteiger partial charge in [-0.2, -0.15) is 0 Å². The number of benzene rings is 6. The Morgan fingerprint density at radius 1 is 0.426 bits per heavy atom. The van der Waals surface area contributed by atoms with Crippen LogP contribution in [0.4, 0.5) is 32.3 Å². The van der Waals surface area contributed by atoms with Gasteiger partial charge in [-0.1, -0.05) is 108 Å². The third kappa shape index (κ3) is 5.92. The molecule has 7 rings (SSSR count). The van der Waals surface area contributed by atoms with Gasteiger partial charge < -0.3 is 21.3 Å². The van der Waals surface area contributed by atoms with Crippen LogP contribution in [0, 0.1) is 0 Å². The average molecular weight is 656 g/mol. The first-order valence-corrected chi connectivity index (χ1v) is 15.7. The van der Waals surface area contributed by atoms with Crippen molar-refractivity contribution in [2.75, 3.05) is 21.3 Å². The highest BCUT2D eigenvalue weighted by Gasteiger charge is 2.45. The number of hydrogen-bond acceptors (Lipinski definition) is 2. The van der Waals surface area contributed by atoms with E-state index in [9.17, 15) is 9.59 Å². The van der Waals surface area contributed by atoms with Crippen molar-refractivity contribution in [1.82, 2.24) is 0 Å². The number of fused-ring (bicyclic) bond motifs is 3. The molecule has 6 aromatic carbocycles. The average Bonchev–Trinajstić information content (AvgIpc) is 3.37. The van der Waals surface area contributed by atoms with Gasteiger partial charge in [-0.3, -0.25) is 0 Å². The molecule has 0 fully saturated rings. The Bertz CT molecular complexity index is 1960. The number of carbonyl (C=O) groups excluding carboxylic acids is 2. The Hall–Kier alpha value is -5.56. The predicted molar refractivity (Wildman–Crippen MR) is 192 cm³/mol. The van der Waals surface area contributed by atoms with E-state index in [2.05, 4.69) is 94.1 Å². The molecule has 4 N–H and O–H groups in total. The molecule has 0 aliphatic heterocycles. The zero-order chi connectivity index (χ0) is 32.4. The fourth-order valence-electron chi connectivity index (χ4n) is 6.35. The van der Waals surface area contributed by atoms with Gasteiger partial charge in [0.15, 0.2) is 0 Å². The van der Waals surface area contributed by atoms with Crippen LogP contribution in [0.3, 0.4) is 0 Å². The highest BCUT2D eigenvalue weighted by Crippen LogP contribution is 2.56. The zero-order valence-electron chi connectivity index (χ0n) is 24.9. The third-order valence-corrected chi connectivity index (χ3v) is 8.74. The normalized spacial score (nSPS) is 12.4. The molecule has 1 aliphatic carbocycles. The topological polar surface area (TPSA) is 82.3 Å². The summed E-state index contributed by atoms with van der Waals surface area (Å²) >= 11 is 12.1. The van der Waals surface area contributed by atoms with Crippen LogP contribution in [-0.2, 0) is 5.41 Å². The van der Waals surface area contributed by atoms with Crippen molar-refractivity contribution >= 4 is 58.0 Å². The van der Waals surface area contributed by atoms with Crippen LogP contribution in [0.15, 0.2) is 146 Å². The maximum Gasteiger partial charge on any atom is 0.323 e. The van der Waals surface area contributed by atoms with Crippen molar-refractivity contribution in [1.29, 1.82) is 0 Å². The largest absolute Gasteiger partial charge is 0.323 e. The minimum absolute atomic E-state index is 0.367. The van der Waals surface area contributed by atoms with Gasteiger partial charge in [0.1, 0.15) is 0 Å². The van der Waals surface area contributed by atoms with Gasteiger partial charge in [0.25, 0.3) is 0 Å². The van der Waals surface area contributed by atoms with Gasteiger partial charge in [0, 0.05) is 32.8 Å². The van der Waals surface area contributed by atoms with Crippen LogP contribution >= 0.6 is 23.2 Å². The second-order valence-electron chi connectivity index (χ2n) is 11.2. The highest BCUT2D eigenvalue weighted by molar-refractivity contribution is 6.31. The number of anilines is 4. The first kappa shape index (κ1) is 30.1. The molecule has 0 atom stereocenters. The summed E-state index contributed by atoms with van der Waals surface area (Å²) in [7, 11) is 0. The van der Waals surface area contributed by atoms with Crippen molar-refractivity contribution in [3.63, 3.8) is 0 Å². The molecule has 8 heteroatoms. The predicted octanol–water partition coefficient (Wildman–Crippen LogP) is 10.6. The Balaban J connectivity index is 1.22. The van der Waals surface area contributed by atoms with Crippen molar-refractivity contribution in [2.45, 2.75) is 5.41 Å². The van der Waals surface area contributed by atoms with Crippen LogP contribution in [0.2, 0.25) is 10.0 Å². The maximum atomic E-state index is 12.8. The summed E-state index contributed by atoms with van der Waals surface area (Å²) in [5.41, 5.74) is 8.56. The lowest BCUT2D eigenvalue weighted by molar-refractivity contribution is 0.261. The fraction of sp³-hybridized carbons (Fsp3) is 0.0256. The highest BCUT2D eigenvalue weighted by atomic mass is 35.5. The number of rotatable bonds is 6. The Labute approximate surface area is 282 Å². The molecular formula is C39H28Cl2N4O2. The minimum atomic E-state index is -0.643. The minimum Gasteiger partial charge on any atom is -0.308 e. The monoisotopic (exact) mass is 654 g/mol. The van der Waals surface area contributed by atoms with Crippen molar-refractivity contribution in [3.05, 3.63) is 178 Å². The van der Waals surface area contributed by atoms with Gasteiger partial charge in [-0.15, -0.1) is 0 Å². The van der Waals surface area contributed by atoms with Crippen LogP contribution < -0.4 is 21.3 Å². The van der Waals surface area contributed by atoms with Crippen LogP contribution in [0.1, 0.15) is 22.3 Å². The van der Waals surface area contributed by atoms with E-state index in [-0.39, 0.29) is 12.1 Å². The van der Waals surface area contributed by atoms with Crippen LogP contribution in [0.5, 0.6) is 0 Å². The lowest BCUT2D eigenvalue weighted by atomic mass is 9.67. The summed E-state index contributed by atoms with van der Waals surface area (Å²) in [4.78, 5) is 25.5. The summed E-state index contributed by atoms with van der Waals surface area (Å²) in [5.74, 6) is 0. The van der Waals surface area contributed by atoms with E-state index in [1.165, 1.54) is 0 Å². The number of nitrogens with one attached hydrogen (secondary N) is 4. The molecule has 0 spiro atoms. The summed E-state index contributed by atoms with van der Waals surface area (Å²) < 4.78 is 0. The standard InChI is InChI=1S/C39H28Cl2N4O2/c40-27-7-5-9-31(23-27)44-37(46)42-29-19-15-25(16-20-29)39(35-13-3-1-11-33(35)34-12-2-4-14-36(34)39)26-17-21-30(22-18-26)43-38(47)45-32-10-6-8-28(41)24-32/h1-24H,(H2,42,44,46)(H2,43,45,47). The molecule has 4 amide bonds. The first-order chi connectivity index (χ1) is 22.9. The third-order valence-electron chi connectivity index (χ3n) is 8.27. The Morgan fingerprint density at radius 3 is 1.21 bits per heavy atom. The van der Waals surface area contributed by atoms with Gasteiger partial charge in [-0.05, 0) is 94.0 Å². The molecule has 0 aromatic heterocycles. The molecule has 0 radical (unpaired) electrons. The quantitative estimate of drug-likeness (QED) is 0.144. The number of carbonyl (C=O) groups is 2. The molecule has 0 bridgehead atoms. The number of halogens is 2. The second kappa shape index (κ2) is 12.7. The van der Waals surface area contributed by atoms with Gasteiger partial charge in [-0.25, -0.2) is 9.59 Å². The number of amides is 4. The molecule has 0 saturated heterocycles. The van der Waals surface area contributed by atoms with Crippen molar-refractivity contribution in [3.8, 4) is 11.1 Å². The summed E-state index contributed by atoms with van der Waals surface area (Å²) in [6.07, 6.45) is 0. The van der Waals surface area contributed by atoms with Crippen molar-refractivity contribution in [2.24, 2.45) is 0 Å². The van der Waals surface area contributed by atoms with Crippen LogP contribution in [0.25, 0.3) is 11.1 Å². The van der Waals surface area contributed by atoms with E-state index in [1.54, 1.807) is 48.5 Å². The lowest BCUT2D eigenvalue weighted by Gasteiger charge is -2.34.